The van der Waals surface area contributed by atoms with Gasteiger partial charge in [0.25, 0.3) is 0 Å². The Bertz CT molecular complexity index is 580. The molecule has 0 amide bonds. The number of H-pyrrole nitrogens is 1. The molecule has 94 valence electrons. The summed E-state index contributed by atoms with van der Waals surface area (Å²) in [5.41, 5.74) is 1.69. The molecule has 0 unspecified atom stereocenters. The van der Waals surface area contributed by atoms with E-state index in [1.165, 1.54) is 7.11 Å². The van der Waals surface area contributed by atoms with Gasteiger partial charge in [0, 0.05) is 4.47 Å². The molecule has 0 bridgehead atoms. The van der Waals surface area contributed by atoms with Crippen LogP contribution < -0.4 is 4.74 Å². The fourth-order valence-electron chi connectivity index (χ4n) is 1.59. The average Bonchev–Trinajstić information content (AvgIpc) is 2.86. The second-order valence-corrected chi connectivity index (χ2v) is 4.33. The predicted octanol–water partition coefficient (Wildman–Crippen LogP) is 2.63. The molecule has 0 radical (unpaired) electrons. The second kappa shape index (κ2) is 5.22. The van der Waals surface area contributed by atoms with Crippen molar-refractivity contribution in [3.63, 3.8) is 0 Å². The van der Waals surface area contributed by atoms with E-state index < -0.39 is 5.97 Å². The summed E-state index contributed by atoms with van der Waals surface area (Å²) in [6, 6.07) is 7.19. The summed E-state index contributed by atoms with van der Waals surface area (Å²) in [5, 5.41) is 6.72. The summed E-state index contributed by atoms with van der Waals surface area (Å²) >= 11 is 3.44. The van der Waals surface area contributed by atoms with Crippen LogP contribution in [0.15, 0.2) is 28.7 Å². The molecule has 0 aliphatic rings. The Labute approximate surface area is 112 Å². The van der Waals surface area contributed by atoms with Gasteiger partial charge in [-0.05, 0) is 34.1 Å². The van der Waals surface area contributed by atoms with E-state index in [9.17, 15) is 4.79 Å². The predicted molar refractivity (Wildman–Crippen MR) is 69.6 cm³/mol. The van der Waals surface area contributed by atoms with E-state index >= 15 is 0 Å². The fourth-order valence-corrected chi connectivity index (χ4v) is 2.14. The minimum atomic E-state index is -0.459. The van der Waals surface area contributed by atoms with E-state index in [0.717, 1.165) is 10.0 Å². The smallest absolute Gasteiger partial charge is 0.356 e. The number of esters is 1. The first-order valence-electron chi connectivity index (χ1n) is 5.14. The molecule has 1 heterocycles. The van der Waals surface area contributed by atoms with Crippen LogP contribution in [0.5, 0.6) is 5.75 Å². The van der Waals surface area contributed by atoms with E-state index in [1.54, 1.807) is 13.2 Å². The zero-order chi connectivity index (χ0) is 13.1. The molecule has 2 rings (SSSR count). The molecule has 0 aliphatic heterocycles. The lowest BCUT2D eigenvalue weighted by Crippen LogP contribution is -2.00. The molecule has 0 saturated carbocycles. The van der Waals surface area contributed by atoms with Gasteiger partial charge in [-0.25, -0.2) is 4.79 Å². The van der Waals surface area contributed by atoms with Crippen molar-refractivity contribution in [1.82, 2.24) is 10.2 Å². The Morgan fingerprint density at radius 2 is 2.17 bits per heavy atom. The third-order valence-corrected chi connectivity index (χ3v) is 3.10. The van der Waals surface area contributed by atoms with Crippen molar-refractivity contribution >= 4 is 21.9 Å². The molecule has 0 spiro atoms. The van der Waals surface area contributed by atoms with Gasteiger partial charge < -0.3 is 9.47 Å². The first-order chi connectivity index (χ1) is 8.67. The van der Waals surface area contributed by atoms with Gasteiger partial charge in [0.1, 0.15) is 11.4 Å². The van der Waals surface area contributed by atoms with Crippen LogP contribution in [0, 0.1) is 0 Å². The van der Waals surface area contributed by atoms with Gasteiger partial charge in [-0.3, -0.25) is 5.10 Å². The Hall–Kier alpha value is -1.82. The molecule has 6 heteroatoms. The number of halogens is 1. The van der Waals surface area contributed by atoms with Crippen LogP contribution in [-0.2, 0) is 4.74 Å². The van der Waals surface area contributed by atoms with Crippen LogP contribution in [0.1, 0.15) is 10.5 Å². The van der Waals surface area contributed by atoms with Gasteiger partial charge in [-0.2, -0.15) is 5.10 Å². The van der Waals surface area contributed by atoms with Crippen LogP contribution in [0.2, 0.25) is 0 Å². The molecule has 0 atom stereocenters. The lowest BCUT2D eigenvalue weighted by molar-refractivity contribution is 0.0594. The number of carbonyl (C=O) groups is 1. The number of carbonyl (C=O) groups excluding carboxylic acids is 1. The lowest BCUT2D eigenvalue weighted by Gasteiger charge is -2.07. The van der Waals surface area contributed by atoms with Crippen molar-refractivity contribution in [2.45, 2.75) is 0 Å². The highest BCUT2D eigenvalue weighted by atomic mass is 79.9. The number of nitrogens with zero attached hydrogens (tertiary/aromatic N) is 1. The number of nitrogens with one attached hydrogen (secondary N) is 1. The van der Waals surface area contributed by atoms with Gasteiger partial charge in [0.15, 0.2) is 0 Å². The molecule has 0 fully saturated rings. The Morgan fingerprint density at radius 1 is 1.39 bits per heavy atom. The number of hydrogen-bond acceptors (Lipinski definition) is 4. The fraction of sp³-hybridized carbons (Fsp3) is 0.167. The topological polar surface area (TPSA) is 64.2 Å². The average molecular weight is 311 g/mol. The van der Waals surface area contributed by atoms with Crippen molar-refractivity contribution in [3.8, 4) is 17.0 Å². The van der Waals surface area contributed by atoms with E-state index in [0.29, 0.717) is 17.1 Å². The summed E-state index contributed by atoms with van der Waals surface area (Å²) in [7, 11) is 2.90. The minimum absolute atomic E-state index is 0.297. The third-order valence-electron chi connectivity index (χ3n) is 2.43. The summed E-state index contributed by atoms with van der Waals surface area (Å²) in [5.74, 6) is 0.215. The monoisotopic (exact) mass is 310 g/mol. The van der Waals surface area contributed by atoms with Gasteiger partial charge in [0.05, 0.1) is 25.5 Å². The van der Waals surface area contributed by atoms with E-state index in [-0.39, 0.29) is 0 Å². The van der Waals surface area contributed by atoms with Crippen LogP contribution in [0.25, 0.3) is 11.3 Å². The number of ether oxygens (including phenoxy) is 2. The van der Waals surface area contributed by atoms with Crippen molar-refractivity contribution in [3.05, 3.63) is 34.4 Å². The van der Waals surface area contributed by atoms with E-state index in [4.69, 9.17) is 4.74 Å². The zero-order valence-corrected chi connectivity index (χ0v) is 11.4. The first kappa shape index (κ1) is 12.6. The Balaban J connectivity index is 2.49. The van der Waals surface area contributed by atoms with Crippen LogP contribution in [0.3, 0.4) is 0 Å². The van der Waals surface area contributed by atoms with Gasteiger partial charge in [0.2, 0.25) is 0 Å². The SMILES string of the molecule is COC(=O)c1cc(-c2c(Br)cccc2OC)n[nH]1. The van der Waals surface area contributed by atoms with Gasteiger partial charge in [-0.1, -0.05) is 6.07 Å². The maximum atomic E-state index is 11.4. The van der Waals surface area contributed by atoms with Crippen LogP contribution >= 0.6 is 15.9 Å². The van der Waals surface area contributed by atoms with Crippen LogP contribution in [0.4, 0.5) is 0 Å². The number of rotatable bonds is 3. The first-order valence-corrected chi connectivity index (χ1v) is 5.93. The number of aromatic nitrogens is 2. The largest absolute Gasteiger partial charge is 0.496 e. The summed E-state index contributed by atoms with van der Waals surface area (Å²) < 4.78 is 10.7. The van der Waals surface area contributed by atoms with Crippen molar-refractivity contribution < 1.29 is 14.3 Å². The molecule has 0 saturated heterocycles. The highest BCUT2D eigenvalue weighted by molar-refractivity contribution is 9.10. The van der Waals surface area contributed by atoms with Gasteiger partial charge >= 0.3 is 5.97 Å². The maximum absolute atomic E-state index is 11.4. The Morgan fingerprint density at radius 3 is 2.83 bits per heavy atom. The number of benzene rings is 1. The quantitative estimate of drug-likeness (QED) is 0.885. The summed E-state index contributed by atoms with van der Waals surface area (Å²) in [6.45, 7) is 0. The maximum Gasteiger partial charge on any atom is 0.356 e. The third kappa shape index (κ3) is 2.24. The molecule has 2 aromatic rings. The van der Waals surface area contributed by atoms with E-state index in [2.05, 4.69) is 30.9 Å². The Kier molecular flexibility index (Phi) is 3.66. The zero-order valence-electron chi connectivity index (χ0n) is 9.86. The number of hydrogen-bond donors (Lipinski definition) is 1. The van der Waals surface area contributed by atoms with Crippen LogP contribution in [-0.4, -0.2) is 30.4 Å². The van der Waals surface area contributed by atoms with E-state index in [1.807, 2.05) is 18.2 Å². The standard InChI is InChI=1S/C12H11BrN2O3/c1-17-10-5-3-4-7(13)11(10)8-6-9(15-14-8)12(16)18-2/h3-6H,1-2H3,(H,14,15). The summed E-state index contributed by atoms with van der Waals surface area (Å²) in [4.78, 5) is 11.4. The highest BCUT2D eigenvalue weighted by Gasteiger charge is 2.16. The molecular formula is C12H11BrN2O3. The van der Waals surface area contributed by atoms with Crippen molar-refractivity contribution in [1.29, 1.82) is 0 Å². The van der Waals surface area contributed by atoms with Crippen molar-refractivity contribution in [2.24, 2.45) is 0 Å². The minimum Gasteiger partial charge on any atom is -0.496 e. The molecule has 1 aromatic carbocycles. The van der Waals surface area contributed by atoms with Crippen molar-refractivity contribution in [2.75, 3.05) is 14.2 Å². The lowest BCUT2D eigenvalue weighted by atomic mass is 10.1. The highest BCUT2D eigenvalue weighted by Crippen LogP contribution is 2.35. The number of methoxy groups -OCH3 is 2. The number of aromatic amines is 1. The molecule has 1 N–H and O–H groups in total. The molecule has 18 heavy (non-hydrogen) atoms. The van der Waals surface area contributed by atoms with Gasteiger partial charge in [-0.15, -0.1) is 0 Å². The molecule has 5 nitrogen and oxygen atoms in total. The summed E-state index contributed by atoms with van der Waals surface area (Å²) in [6.07, 6.45) is 0. The molecule has 0 aliphatic carbocycles. The molecular weight excluding hydrogens is 300 g/mol. The molecule has 1 aromatic heterocycles. The second-order valence-electron chi connectivity index (χ2n) is 3.48. The normalized spacial score (nSPS) is 10.2.